The fourth-order valence-corrected chi connectivity index (χ4v) is 4.75. The summed E-state index contributed by atoms with van der Waals surface area (Å²) in [5.41, 5.74) is 0. The van der Waals surface area contributed by atoms with Crippen LogP contribution in [0.3, 0.4) is 0 Å². The second-order valence-corrected chi connectivity index (χ2v) is 7.69. The molecule has 2 bridgehead atoms. The molecule has 5 rings (SSSR count). The third-order valence-electron chi connectivity index (χ3n) is 6.27. The summed E-state index contributed by atoms with van der Waals surface area (Å²) < 4.78 is 4.65. The van der Waals surface area contributed by atoms with Crippen molar-refractivity contribution in [2.45, 2.75) is 64.3 Å². The molecular weight excluding hydrogens is 316 g/mol. The molecule has 2 unspecified atom stereocenters. The normalized spacial score (nSPS) is 26.5. The van der Waals surface area contributed by atoms with Gasteiger partial charge in [-0.3, -0.25) is 9.80 Å². The van der Waals surface area contributed by atoms with Crippen molar-refractivity contribution >= 4 is 0 Å². The lowest BCUT2D eigenvalue weighted by Crippen LogP contribution is -2.38. The van der Waals surface area contributed by atoms with Gasteiger partial charge in [-0.1, -0.05) is 0 Å². The third-order valence-corrected chi connectivity index (χ3v) is 6.27. The van der Waals surface area contributed by atoms with E-state index in [9.17, 15) is 0 Å². The Kier molecular flexibility index (Phi) is 3.63. The first-order valence-corrected chi connectivity index (χ1v) is 9.45. The SMILES string of the molecule is Cc1nnc2n1CCCN(CCc1nnc3n1CC1CCC3N1C)C2. The van der Waals surface area contributed by atoms with E-state index < -0.39 is 0 Å². The molecular formula is C17H26N8. The number of likely N-dealkylation sites (N-methyl/N-ethyl adjacent to an activating group) is 1. The average molecular weight is 342 g/mol. The Balaban J connectivity index is 1.29. The van der Waals surface area contributed by atoms with Gasteiger partial charge in [-0.15, -0.1) is 20.4 Å². The molecule has 0 amide bonds. The van der Waals surface area contributed by atoms with Gasteiger partial charge in [-0.25, -0.2) is 0 Å². The van der Waals surface area contributed by atoms with Crippen LogP contribution in [-0.4, -0.2) is 65.5 Å². The van der Waals surface area contributed by atoms with Gasteiger partial charge >= 0.3 is 0 Å². The molecule has 0 N–H and O–H groups in total. The van der Waals surface area contributed by atoms with Gasteiger partial charge in [0.25, 0.3) is 0 Å². The van der Waals surface area contributed by atoms with Gasteiger partial charge in [0.1, 0.15) is 23.3 Å². The summed E-state index contributed by atoms with van der Waals surface area (Å²) in [5, 5.41) is 17.6. The van der Waals surface area contributed by atoms with Crippen LogP contribution < -0.4 is 0 Å². The maximum Gasteiger partial charge on any atom is 0.150 e. The van der Waals surface area contributed by atoms with Gasteiger partial charge in [0, 0.05) is 38.6 Å². The Labute approximate surface area is 147 Å². The minimum atomic E-state index is 0.472. The minimum Gasteiger partial charge on any atom is -0.314 e. The lowest BCUT2D eigenvalue weighted by atomic mass is 10.2. The van der Waals surface area contributed by atoms with E-state index in [4.69, 9.17) is 0 Å². The van der Waals surface area contributed by atoms with E-state index in [1.807, 2.05) is 6.92 Å². The van der Waals surface area contributed by atoms with Crippen LogP contribution in [0.1, 0.15) is 48.6 Å². The summed E-state index contributed by atoms with van der Waals surface area (Å²) in [6.45, 7) is 7.13. The van der Waals surface area contributed by atoms with Gasteiger partial charge in [-0.05, 0) is 33.2 Å². The van der Waals surface area contributed by atoms with Crippen molar-refractivity contribution in [2.24, 2.45) is 0 Å². The van der Waals surface area contributed by atoms with Crippen LogP contribution in [-0.2, 0) is 26.1 Å². The second-order valence-electron chi connectivity index (χ2n) is 7.69. The van der Waals surface area contributed by atoms with Gasteiger partial charge in [0.15, 0.2) is 0 Å². The second kappa shape index (κ2) is 5.88. The number of aryl methyl sites for hydroxylation is 1. The zero-order chi connectivity index (χ0) is 17.0. The van der Waals surface area contributed by atoms with Crippen molar-refractivity contribution in [1.29, 1.82) is 0 Å². The van der Waals surface area contributed by atoms with Gasteiger partial charge in [-0.2, -0.15) is 0 Å². The molecule has 0 radical (unpaired) electrons. The smallest absolute Gasteiger partial charge is 0.150 e. The lowest BCUT2D eigenvalue weighted by molar-refractivity contribution is 0.179. The summed E-state index contributed by atoms with van der Waals surface area (Å²) in [4.78, 5) is 4.97. The molecule has 3 aliphatic rings. The first-order valence-electron chi connectivity index (χ1n) is 9.45. The standard InChI is InChI=1S/C17H26N8/c1-12-18-20-16-11-23(7-3-8-24(12)16)9-6-15-19-21-17-14-5-4-13(22(14)2)10-25(15)17/h13-14H,3-11H2,1-2H3. The van der Waals surface area contributed by atoms with Crippen LogP contribution in [0.25, 0.3) is 0 Å². The molecule has 134 valence electrons. The highest BCUT2D eigenvalue weighted by atomic mass is 15.4. The van der Waals surface area contributed by atoms with Crippen molar-refractivity contribution in [3.63, 3.8) is 0 Å². The Bertz CT molecular complexity index is 778. The molecule has 25 heavy (non-hydrogen) atoms. The van der Waals surface area contributed by atoms with Crippen LogP contribution in [0.5, 0.6) is 0 Å². The number of hydrogen-bond acceptors (Lipinski definition) is 6. The fraction of sp³-hybridized carbons (Fsp3) is 0.765. The number of rotatable bonds is 3. The summed E-state index contributed by atoms with van der Waals surface area (Å²) in [6.07, 6.45) is 4.62. The molecule has 0 saturated carbocycles. The first kappa shape index (κ1) is 15.5. The number of nitrogens with zero attached hydrogens (tertiary/aromatic N) is 8. The molecule has 0 aromatic carbocycles. The van der Waals surface area contributed by atoms with Crippen LogP contribution in [0, 0.1) is 6.92 Å². The van der Waals surface area contributed by atoms with Crippen molar-refractivity contribution in [3.05, 3.63) is 23.3 Å². The quantitative estimate of drug-likeness (QED) is 0.821. The van der Waals surface area contributed by atoms with Crippen molar-refractivity contribution in [3.8, 4) is 0 Å². The maximum atomic E-state index is 4.53. The molecule has 3 aliphatic heterocycles. The van der Waals surface area contributed by atoms with Crippen LogP contribution >= 0.6 is 0 Å². The molecule has 5 heterocycles. The van der Waals surface area contributed by atoms with Gasteiger partial charge in [0.2, 0.25) is 0 Å². The van der Waals surface area contributed by atoms with E-state index in [1.165, 1.54) is 18.7 Å². The zero-order valence-electron chi connectivity index (χ0n) is 15.1. The van der Waals surface area contributed by atoms with E-state index in [0.29, 0.717) is 12.1 Å². The topological polar surface area (TPSA) is 67.9 Å². The monoisotopic (exact) mass is 342 g/mol. The van der Waals surface area contributed by atoms with E-state index in [0.717, 1.165) is 63.0 Å². The van der Waals surface area contributed by atoms with Crippen LogP contribution in [0.2, 0.25) is 0 Å². The van der Waals surface area contributed by atoms with E-state index in [2.05, 4.69) is 46.4 Å². The Morgan fingerprint density at radius 2 is 1.96 bits per heavy atom. The zero-order valence-corrected chi connectivity index (χ0v) is 15.1. The molecule has 8 heteroatoms. The highest BCUT2D eigenvalue weighted by molar-refractivity contribution is 5.10. The van der Waals surface area contributed by atoms with Gasteiger partial charge < -0.3 is 9.13 Å². The van der Waals surface area contributed by atoms with Crippen LogP contribution in [0.15, 0.2) is 0 Å². The fourth-order valence-electron chi connectivity index (χ4n) is 4.75. The van der Waals surface area contributed by atoms with E-state index in [-0.39, 0.29) is 0 Å². The summed E-state index contributed by atoms with van der Waals surface area (Å²) in [7, 11) is 2.23. The molecule has 2 atom stereocenters. The van der Waals surface area contributed by atoms with Crippen LogP contribution in [0.4, 0.5) is 0 Å². The molecule has 0 spiro atoms. The minimum absolute atomic E-state index is 0.472. The van der Waals surface area contributed by atoms with E-state index >= 15 is 0 Å². The predicted octanol–water partition coefficient (Wildman–Crippen LogP) is 0.775. The summed E-state index contributed by atoms with van der Waals surface area (Å²) in [5.74, 6) is 4.46. The Hall–Kier alpha value is -1.80. The molecule has 8 nitrogen and oxygen atoms in total. The molecule has 0 aliphatic carbocycles. The highest BCUT2D eigenvalue weighted by Gasteiger charge is 2.40. The molecule has 1 fully saturated rings. The summed E-state index contributed by atoms with van der Waals surface area (Å²) in [6, 6.07) is 1.13. The molecule has 2 aromatic heterocycles. The van der Waals surface area contributed by atoms with Crippen molar-refractivity contribution < 1.29 is 0 Å². The first-order chi connectivity index (χ1) is 12.2. The predicted molar refractivity (Wildman–Crippen MR) is 91.9 cm³/mol. The maximum absolute atomic E-state index is 4.53. The average Bonchev–Trinajstić information content (AvgIpc) is 3.17. The summed E-state index contributed by atoms with van der Waals surface area (Å²) >= 11 is 0. The van der Waals surface area contributed by atoms with Crippen molar-refractivity contribution in [2.75, 3.05) is 20.1 Å². The highest BCUT2D eigenvalue weighted by Crippen LogP contribution is 2.38. The van der Waals surface area contributed by atoms with E-state index in [1.54, 1.807) is 0 Å². The lowest BCUT2D eigenvalue weighted by Gasteiger charge is -2.32. The molecule has 1 saturated heterocycles. The Morgan fingerprint density at radius 3 is 2.88 bits per heavy atom. The largest absolute Gasteiger partial charge is 0.314 e. The van der Waals surface area contributed by atoms with Gasteiger partial charge in [0.05, 0.1) is 12.6 Å². The van der Waals surface area contributed by atoms with Crippen molar-refractivity contribution in [1.82, 2.24) is 39.3 Å². The third kappa shape index (κ3) is 2.50. The Morgan fingerprint density at radius 1 is 1.04 bits per heavy atom. The number of fused-ring (bicyclic) bond motifs is 5. The molecule has 2 aromatic rings. The number of aromatic nitrogens is 6. The number of hydrogen-bond donors (Lipinski definition) is 0.